The van der Waals surface area contributed by atoms with Gasteiger partial charge in [0.15, 0.2) is 0 Å². The van der Waals surface area contributed by atoms with E-state index in [1.807, 2.05) is 52.0 Å². The van der Waals surface area contributed by atoms with Crippen LogP contribution in [-0.4, -0.2) is 106 Å². The van der Waals surface area contributed by atoms with Crippen molar-refractivity contribution in [3.8, 4) is 5.75 Å². The molecular formula is C43H61Cl2N5O9. The summed E-state index contributed by atoms with van der Waals surface area (Å²) in [5.41, 5.74) is 7.45. The largest absolute Gasteiger partial charge is 0.491 e. The fourth-order valence-electron chi connectivity index (χ4n) is 7.09. The minimum Gasteiger partial charge on any atom is -0.491 e. The Balaban J connectivity index is 1.42. The van der Waals surface area contributed by atoms with Crippen LogP contribution in [0, 0.1) is 11.8 Å². The van der Waals surface area contributed by atoms with Crippen LogP contribution in [0.25, 0.3) is 10.9 Å². The number of rotatable bonds is 26. The van der Waals surface area contributed by atoms with Crippen LogP contribution >= 0.6 is 23.2 Å². The fourth-order valence-corrected chi connectivity index (χ4v) is 7.63. The highest BCUT2D eigenvalue weighted by molar-refractivity contribution is 6.38. The number of hydrogen-bond donors (Lipinski definition) is 5. The molecule has 2 aromatic carbocycles. The number of nitrogens with two attached hydrogens (primary N) is 1. The van der Waals surface area contributed by atoms with E-state index in [2.05, 4.69) is 20.9 Å². The van der Waals surface area contributed by atoms with E-state index in [0.717, 1.165) is 22.2 Å². The molecule has 0 saturated carbocycles. The molecule has 1 heterocycles. The number of ether oxygens (including phenoxy) is 5. The molecular weight excluding hydrogens is 801 g/mol. The van der Waals surface area contributed by atoms with Gasteiger partial charge in [0.1, 0.15) is 30.0 Å². The van der Waals surface area contributed by atoms with Crippen LogP contribution in [0.2, 0.25) is 10.0 Å². The summed E-state index contributed by atoms with van der Waals surface area (Å²) >= 11 is 13.0. The average molecular weight is 863 g/mol. The third-order valence-electron chi connectivity index (χ3n) is 11.0. The number of primary amides is 1. The zero-order chi connectivity index (χ0) is 43.0. The predicted molar refractivity (Wildman–Crippen MR) is 228 cm³/mol. The minimum atomic E-state index is -1.49. The molecule has 59 heavy (non-hydrogen) atoms. The lowest BCUT2D eigenvalue weighted by atomic mass is 9.78. The van der Waals surface area contributed by atoms with Gasteiger partial charge in [0.05, 0.1) is 56.8 Å². The van der Waals surface area contributed by atoms with Crippen LogP contribution in [0.15, 0.2) is 36.4 Å². The van der Waals surface area contributed by atoms with Crippen molar-refractivity contribution < 1.29 is 42.9 Å². The number of carbonyl (C=O) groups is 4. The molecule has 1 aliphatic rings. The number of para-hydroxylation sites is 1. The van der Waals surface area contributed by atoms with Crippen molar-refractivity contribution in [2.24, 2.45) is 17.6 Å². The zero-order valence-corrected chi connectivity index (χ0v) is 36.4. The SMILES string of the molecule is CCC(C)[C@H](NC(=O)[C@@]1(NC(=O)[C@@H](NC(=O)CCc2ccccc2OCCOCCOCCOCCOC)C(C)CC)CCc2[nH]c3c(Cl)cc(Cl)cc3c2C1)C(N)=O. The van der Waals surface area contributed by atoms with Gasteiger partial charge in [-0.25, -0.2) is 0 Å². The van der Waals surface area contributed by atoms with Gasteiger partial charge in [-0.2, -0.15) is 0 Å². The summed E-state index contributed by atoms with van der Waals surface area (Å²) < 4.78 is 27.4. The summed E-state index contributed by atoms with van der Waals surface area (Å²) in [6.07, 6.45) is 2.31. The van der Waals surface area contributed by atoms with Crippen LogP contribution in [0.1, 0.15) is 70.2 Å². The van der Waals surface area contributed by atoms with E-state index in [-0.39, 0.29) is 37.0 Å². The Morgan fingerprint density at radius 3 is 2.14 bits per heavy atom. The molecule has 4 amide bonds. The molecule has 0 fully saturated rings. The summed E-state index contributed by atoms with van der Waals surface area (Å²) in [7, 11) is 1.63. The number of halogens is 2. The lowest BCUT2D eigenvalue weighted by Crippen LogP contribution is -2.67. The molecule has 0 saturated heterocycles. The first-order valence-corrected chi connectivity index (χ1v) is 21.2. The van der Waals surface area contributed by atoms with Crippen molar-refractivity contribution >= 4 is 57.7 Å². The number of fused-ring (bicyclic) bond motifs is 3. The zero-order valence-electron chi connectivity index (χ0n) is 34.9. The van der Waals surface area contributed by atoms with Gasteiger partial charge in [0.25, 0.3) is 0 Å². The van der Waals surface area contributed by atoms with Gasteiger partial charge in [-0.3, -0.25) is 19.2 Å². The molecule has 6 N–H and O–H groups in total. The highest BCUT2D eigenvalue weighted by atomic mass is 35.5. The summed E-state index contributed by atoms with van der Waals surface area (Å²) in [5, 5.41) is 10.5. The minimum absolute atomic E-state index is 0.0878. The second kappa shape index (κ2) is 23.8. The highest BCUT2D eigenvalue weighted by Gasteiger charge is 2.46. The molecule has 1 aromatic heterocycles. The van der Waals surface area contributed by atoms with Gasteiger partial charge in [-0.15, -0.1) is 0 Å². The van der Waals surface area contributed by atoms with E-state index >= 15 is 0 Å². The molecule has 1 aliphatic carbocycles. The Kier molecular flexibility index (Phi) is 19.2. The summed E-state index contributed by atoms with van der Waals surface area (Å²) in [5.74, 6) is -1.93. The van der Waals surface area contributed by atoms with Crippen molar-refractivity contribution in [3.05, 3.63) is 63.3 Å². The van der Waals surface area contributed by atoms with Crippen molar-refractivity contribution in [1.29, 1.82) is 0 Å². The van der Waals surface area contributed by atoms with E-state index in [0.29, 0.717) is 99.8 Å². The summed E-state index contributed by atoms with van der Waals surface area (Å²) in [6, 6.07) is 8.98. The van der Waals surface area contributed by atoms with Crippen molar-refractivity contribution in [3.63, 3.8) is 0 Å². The molecule has 2 unspecified atom stereocenters. The van der Waals surface area contributed by atoms with E-state index in [9.17, 15) is 19.2 Å². The Labute approximate surface area is 357 Å². The monoisotopic (exact) mass is 861 g/mol. The van der Waals surface area contributed by atoms with E-state index in [1.54, 1.807) is 19.2 Å². The van der Waals surface area contributed by atoms with Crippen LogP contribution in [0.4, 0.5) is 0 Å². The molecule has 0 bridgehead atoms. The third kappa shape index (κ3) is 13.5. The Morgan fingerprint density at radius 2 is 1.49 bits per heavy atom. The van der Waals surface area contributed by atoms with Gasteiger partial charge in [-0.1, -0.05) is 81.9 Å². The second-order valence-corrected chi connectivity index (χ2v) is 15.9. The quantitative estimate of drug-likeness (QED) is 0.0686. The van der Waals surface area contributed by atoms with E-state index < -0.39 is 35.3 Å². The Bertz CT molecular complexity index is 1860. The first-order valence-electron chi connectivity index (χ1n) is 20.5. The number of H-pyrrole nitrogens is 1. The predicted octanol–water partition coefficient (Wildman–Crippen LogP) is 5.07. The van der Waals surface area contributed by atoms with Crippen LogP contribution in [-0.2, 0) is 57.4 Å². The van der Waals surface area contributed by atoms with Crippen molar-refractivity contribution in [2.45, 2.75) is 90.3 Å². The fraction of sp³-hybridized carbons (Fsp3) is 0.581. The van der Waals surface area contributed by atoms with Gasteiger partial charge in [0.2, 0.25) is 23.6 Å². The van der Waals surface area contributed by atoms with Crippen LogP contribution in [0.3, 0.4) is 0 Å². The topological polar surface area (TPSA) is 192 Å². The number of benzene rings is 2. The first-order chi connectivity index (χ1) is 28.3. The number of aromatic amines is 1. The maximum atomic E-state index is 14.5. The Hall–Kier alpha value is -3.92. The molecule has 5 atom stereocenters. The number of aromatic nitrogens is 1. The molecule has 3 aromatic rings. The normalized spacial score (nSPS) is 17.1. The van der Waals surface area contributed by atoms with Crippen LogP contribution in [0.5, 0.6) is 5.75 Å². The molecule has 0 radical (unpaired) electrons. The van der Waals surface area contributed by atoms with Gasteiger partial charge >= 0.3 is 0 Å². The van der Waals surface area contributed by atoms with Gasteiger partial charge in [-0.05, 0) is 60.4 Å². The molecule has 0 spiro atoms. The van der Waals surface area contributed by atoms with Crippen molar-refractivity contribution in [2.75, 3.05) is 60.0 Å². The number of hydrogen-bond acceptors (Lipinski definition) is 9. The van der Waals surface area contributed by atoms with Gasteiger partial charge in [0, 0.05) is 36.1 Å². The highest BCUT2D eigenvalue weighted by Crippen LogP contribution is 2.38. The number of aryl methyl sites for hydroxylation is 2. The van der Waals surface area contributed by atoms with Gasteiger partial charge < -0.3 is 50.4 Å². The maximum absolute atomic E-state index is 14.5. The average Bonchev–Trinajstić information content (AvgIpc) is 3.58. The molecule has 326 valence electrons. The first kappa shape index (κ1) is 47.8. The number of carbonyl (C=O) groups excluding carboxylic acids is 4. The number of nitrogens with one attached hydrogen (secondary N) is 4. The van der Waals surface area contributed by atoms with E-state index in [4.69, 9.17) is 52.6 Å². The molecule has 0 aliphatic heterocycles. The molecule has 4 rings (SSSR count). The Morgan fingerprint density at radius 1 is 0.864 bits per heavy atom. The third-order valence-corrected chi connectivity index (χ3v) is 11.5. The van der Waals surface area contributed by atoms with E-state index in [1.165, 1.54) is 0 Å². The summed E-state index contributed by atoms with van der Waals surface area (Å²) in [4.78, 5) is 58.4. The lowest BCUT2D eigenvalue weighted by Gasteiger charge is -2.39. The van der Waals surface area contributed by atoms with Crippen molar-refractivity contribution in [1.82, 2.24) is 20.9 Å². The number of methoxy groups -OCH3 is 1. The smallest absolute Gasteiger partial charge is 0.246 e. The molecule has 14 nitrogen and oxygen atoms in total. The maximum Gasteiger partial charge on any atom is 0.246 e. The number of amides is 4. The standard InChI is InChI=1S/C43H61Cl2N5O9/c1-6-27(3)37(40(46)52)49-42(54)43(15-14-34-32(26-43)31-24-30(44)25-33(45)39(31)47-34)50-41(53)38(28(4)7-2)48-36(51)13-12-29-10-8-9-11-35(29)59-23-22-58-21-20-57-19-18-56-17-16-55-5/h8-11,24-25,27-28,37-38,47H,6-7,12-23,26H2,1-5H3,(H2,46,52)(H,48,51)(H,49,54)(H,50,53)/t27?,28?,37-,38-,43+/m0/s1. The second-order valence-electron chi connectivity index (χ2n) is 15.1. The summed E-state index contributed by atoms with van der Waals surface area (Å²) in [6.45, 7) is 11.1. The van der Waals surface area contributed by atoms with Crippen LogP contribution < -0.4 is 26.4 Å². The lowest BCUT2D eigenvalue weighted by molar-refractivity contribution is -0.138. The molecule has 16 heteroatoms.